The third-order valence-corrected chi connectivity index (χ3v) is 4.84. The Bertz CT molecular complexity index is 442. The van der Waals surface area contributed by atoms with Crippen molar-refractivity contribution in [2.24, 2.45) is 0 Å². The zero-order valence-corrected chi connectivity index (χ0v) is 13.8. The summed E-state index contributed by atoms with van der Waals surface area (Å²) < 4.78 is 0.975. The molecule has 4 heteroatoms. The summed E-state index contributed by atoms with van der Waals surface area (Å²) in [5, 5.41) is 11.5. The van der Waals surface area contributed by atoms with Gasteiger partial charge in [-0.05, 0) is 44.4 Å². The number of likely N-dealkylation sites (tertiary alicyclic amines) is 1. The Hall–Kier alpha value is -0.0900. The first-order valence-corrected chi connectivity index (χ1v) is 7.97. The van der Waals surface area contributed by atoms with Gasteiger partial charge in [0.2, 0.25) is 0 Å². The fourth-order valence-electron chi connectivity index (χ4n) is 2.65. The predicted molar refractivity (Wildman–Crippen MR) is 83.7 cm³/mol. The van der Waals surface area contributed by atoms with E-state index in [1.165, 1.54) is 0 Å². The van der Waals surface area contributed by atoms with Crippen LogP contribution in [-0.2, 0) is 6.42 Å². The molecule has 0 spiro atoms. The van der Waals surface area contributed by atoms with Crippen LogP contribution in [0, 0.1) is 0 Å². The molecular weight excluding hydrogens is 326 g/mol. The Morgan fingerprint density at radius 3 is 2.53 bits per heavy atom. The lowest BCUT2D eigenvalue weighted by Crippen LogP contribution is -2.47. The molecule has 0 bridgehead atoms. The first-order chi connectivity index (χ1) is 8.89. The van der Waals surface area contributed by atoms with Gasteiger partial charge in [-0.3, -0.25) is 0 Å². The lowest BCUT2D eigenvalue weighted by Gasteiger charge is -2.40. The molecule has 1 saturated heterocycles. The molecule has 1 fully saturated rings. The molecule has 0 radical (unpaired) electrons. The van der Waals surface area contributed by atoms with E-state index in [2.05, 4.69) is 34.7 Å². The van der Waals surface area contributed by atoms with E-state index < -0.39 is 5.60 Å². The second-order valence-electron chi connectivity index (χ2n) is 5.77. The molecular formula is C15H21BrClNO. The minimum absolute atomic E-state index is 0.556. The zero-order valence-electron chi connectivity index (χ0n) is 11.5. The standard InChI is InChI=1S/C15H21BrClNO/c1-11(2)18-7-5-15(19,6-8-18)10-12-3-4-13(16)9-14(12)17/h3-4,9,11,19H,5-8,10H2,1-2H3. The Morgan fingerprint density at radius 1 is 1.37 bits per heavy atom. The fourth-order valence-corrected chi connectivity index (χ4v) is 3.39. The summed E-state index contributed by atoms with van der Waals surface area (Å²) in [5.41, 5.74) is 0.424. The van der Waals surface area contributed by atoms with Crippen molar-refractivity contribution in [1.29, 1.82) is 0 Å². The topological polar surface area (TPSA) is 23.5 Å². The third kappa shape index (κ3) is 3.94. The lowest BCUT2D eigenvalue weighted by molar-refractivity contribution is -0.0271. The van der Waals surface area contributed by atoms with Gasteiger partial charge in [0.05, 0.1) is 5.60 Å². The van der Waals surface area contributed by atoms with Gasteiger partial charge in [0.15, 0.2) is 0 Å². The van der Waals surface area contributed by atoms with Crippen molar-refractivity contribution in [3.63, 3.8) is 0 Å². The minimum Gasteiger partial charge on any atom is -0.389 e. The van der Waals surface area contributed by atoms with Crippen molar-refractivity contribution in [3.8, 4) is 0 Å². The van der Waals surface area contributed by atoms with Crippen molar-refractivity contribution in [2.45, 2.75) is 44.8 Å². The molecule has 1 aliphatic rings. The van der Waals surface area contributed by atoms with Crippen LogP contribution in [0.2, 0.25) is 5.02 Å². The van der Waals surface area contributed by atoms with Crippen LogP contribution in [0.25, 0.3) is 0 Å². The number of piperidine rings is 1. The highest BCUT2D eigenvalue weighted by atomic mass is 79.9. The monoisotopic (exact) mass is 345 g/mol. The number of aliphatic hydroxyl groups is 1. The van der Waals surface area contributed by atoms with E-state index in [0.29, 0.717) is 12.5 Å². The van der Waals surface area contributed by atoms with Crippen molar-refractivity contribution in [1.82, 2.24) is 4.90 Å². The van der Waals surface area contributed by atoms with Crippen LogP contribution in [0.5, 0.6) is 0 Å². The van der Waals surface area contributed by atoms with Gasteiger partial charge in [-0.2, -0.15) is 0 Å². The maximum atomic E-state index is 10.7. The smallest absolute Gasteiger partial charge is 0.0712 e. The molecule has 1 heterocycles. The maximum Gasteiger partial charge on any atom is 0.0712 e. The van der Waals surface area contributed by atoms with E-state index >= 15 is 0 Å². The van der Waals surface area contributed by atoms with Crippen LogP contribution >= 0.6 is 27.5 Å². The van der Waals surface area contributed by atoms with Crippen LogP contribution in [0.15, 0.2) is 22.7 Å². The predicted octanol–water partition coefficient (Wildman–Crippen LogP) is 3.88. The molecule has 0 saturated carbocycles. The van der Waals surface area contributed by atoms with Crippen LogP contribution in [-0.4, -0.2) is 34.7 Å². The van der Waals surface area contributed by atoms with Crippen molar-refractivity contribution < 1.29 is 5.11 Å². The zero-order chi connectivity index (χ0) is 14.0. The van der Waals surface area contributed by atoms with Gasteiger partial charge >= 0.3 is 0 Å². The molecule has 0 amide bonds. The molecule has 1 aliphatic heterocycles. The molecule has 2 rings (SSSR count). The fraction of sp³-hybridized carbons (Fsp3) is 0.600. The van der Waals surface area contributed by atoms with E-state index in [1.807, 2.05) is 18.2 Å². The Labute approximate surface area is 128 Å². The van der Waals surface area contributed by atoms with E-state index in [0.717, 1.165) is 41.0 Å². The molecule has 106 valence electrons. The molecule has 1 N–H and O–H groups in total. The number of halogens is 2. The molecule has 0 aliphatic carbocycles. The minimum atomic E-state index is -0.608. The third-order valence-electron chi connectivity index (χ3n) is 3.99. The first-order valence-electron chi connectivity index (χ1n) is 6.80. The average molecular weight is 347 g/mol. The summed E-state index contributed by atoms with van der Waals surface area (Å²) in [7, 11) is 0. The SMILES string of the molecule is CC(C)N1CCC(O)(Cc2ccc(Br)cc2Cl)CC1. The first kappa shape index (κ1) is 15.3. The number of hydrogen-bond donors (Lipinski definition) is 1. The Kier molecular flexibility index (Phi) is 4.93. The molecule has 19 heavy (non-hydrogen) atoms. The summed E-state index contributed by atoms with van der Waals surface area (Å²) >= 11 is 9.64. The molecule has 0 unspecified atom stereocenters. The summed E-state index contributed by atoms with van der Waals surface area (Å²) in [6.45, 7) is 6.33. The normalized spacial score (nSPS) is 19.9. The number of nitrogens with zero attached hydrogens (tertiary/aromatic N) is 1. The van der Waals surface area contributed by atoms with E-state index in [1.54, 1.807) is 0 Å². The molecule has 2 nitrogen and oxygen atoms in total. The van der Waals surface area contributed by atoms with Gasteiger partial charge in [-0.15, -0.1) is 0 Å². The van der Waals surface area contributed by atoms with E-state index in [9.17, 15) is 5.11 Å². The Balaban J connectivity index is 2.03. The van der Waals surface area contributed by atoms with Crippen molar-refractivity contribution >= 4 is 27.5 Å². The maximum absolute atomic E-state index is 10.7. The van der Waals surface area contributed by atoms with Crippen LogP contribution in [0.4, 0.5) is 0 Å². The molecule has 1 aromatic rings. The van der Waals surface area contributed by atoms with Crippen LogP contribution < -0.4 is 0 Å². The van der Waals surface area contributed by atoms with E-state index in [4.69, 9.17) is 11.6 Å². The van der Waals surface area contributed by atoms with Gasteiger partial charge in [-0.1, -0.05) is 33.6 Å². The highest BCUT2D eigenvalue weighted by Crippen LogP contribution is 2.31. The van der Waals surface area contributed by atoms with Gasteiger partial charge in [0, 0.05) is 35.0 Å². The van der Waals surface area contributed by atoms with Gasteiger partial charge in [0.1, 0.15) is 0 Å². The molecule has 1 aromatic carbocycles. The van der Waals surface area contributed by atoms with Gasteiger partial charge < -0.3 is 10.0 Å². The highest BCUT2D eigenvalue weighted by Gasteiger charge is 2.33. The summed E-state index contributed by atoms with van der Waals surface area (Å²) in [6.07, 6.45) is 2.28. The summed E-state index contributed by atoms with van der Waals surface area (Å²) in [4.78, 5) is 2.41. The van der Waals surface area contributed by atoms with Crippen molar-refractivity contribution in [3.05, 3.63) is 33.3 Å². The lowest BCUT2D eigenvalue weighted by atomic mass is 9.85. The highest BCUT2D eigenvalue weighted by molar-refractivity contribution is 9.10. The summed E-state index contributed by atoms with van der Waals surface area (Å²) in [5.74, 6) is 0. The van der Waals surface area contributed by atoms with Crippen molar-refractivity contribution in [2.75, 3.05) is 13.1 Å². The quantitative estimate of drug-likeness (QED) is 0.898. The molecule has 0 aromatic heterocycles. The van der Waals surface area contributed by atoms with Gasteiger partial charge in [-0.25, -0.2) is 0 Å². The second kappa shape index (κ2) is 6.13. The number of benzene rings is 1. The average Bonchev–Trinajstić information content (AvgIpc) is 2.33. The second-order valence-corrected chi connectivity index (χ2v) is 7.09. The largest absolute Gasteiger partial charge is 0.389 e. The van der Waals surface area contributed by atoms with Crippen LogP contribution in [0.3, 0.4) is 0 Å². The summed E-state index contributed by atoms with van der Waals surface area (Å²) in [6, 6.07) is 6.43. The Morgan fingerprint density at radius 2 is 2.00 bits per heavy atom. The molecule has 0 atom stereocenters. The van der Waals surface area contributed by atoms with E-state index in [-0.39, 0.29) is 0 Å². The van der Waals surface area contributed by atoms with Crippen LogP contribution in [0.1, 0.15) is 32.3 Å². The number of hydrogen-bond acceptors (Lipinski definition) is 2. The number of rotatable bonds is 3. The van der Waals surface area contributed by atoms with Gasteiger partial charge in [0.25, 0.3) is 0 Å².